The molecule has 0 saturated carbocycles. The molecule has 0 aromatic heterocycles. The zero-order valence-electron chi connectivity index (χ0n) is 9.87. The SMILES string of the molecule is CC(CNc1c(F)cc(C(=O)O)cc1F)S(C)=O. The fourth-order valence-electron chi connectivity index (χ4n) is 1.23. The number of hydrogen-bond acceptors (Lipinski definition) is 3. The molecule has 0 aliphatic heterocycles. The van der Waals surface area contributed by atoms with Crippen LogP contribution in [0.5, 0.6) is 0 Å². The lowest BCUT2D eigenvalue weighted by molar-refractivity contribution is 0.0696. The molecule has 0 amide bonds. The first kappa shape index (κ1) is 14.6. The average molecular weight is 277 g/mol. The second-order valence-electron chi connectivity index (χ2n) is 3.81. The van der Waals surface area contributed by atoms with E-state index in [0.29, 0.717) is 0 Å². The van der Waals surface area contributed by atoms with Crippen molar-refractivity contribution in [1.29, 1.82) is 0 Å². The molecule has 1 aromatic carbocycles. The lowest BCUT2D eigenvalue weighted by Crippen LogP contribution is -2.21. The van der Waals surface area contributed by atoms with E-state index in [1.807, 2.05) is 0 Å². The van der Waals surface area contributed by atoms with Crippen molar-refractivity contribution in [2.75, 3.05) is 18.1 Å². The highest BCUT2D eigenvalue weighted by molar-refractivity contribution is 7.84. The largest absolute Gasteiger partial charge is 0.478 e. The monoisotopic (exact) mass is 277 g/mol. The van der Waals surface area contributed by atoms with E-state index in [4.69, 9.17) is 5.11 Å². The molecule has 0 saturated heterocycles. The Hall–Kier alpha value is -1.50. The molecule has 7 heteroatoms. The number of carboxylic acids is 1. The number of carbonyl (C=O) groups is 1. The molecule has 0 bridgehead atoms. The first-order valence-electron chi connectivity index (χ1n) is 5.11. The summed E-state index contributed by atoms with van der Waals surface area (Å²) in [6.45, 7) is 1.80. The zero-order valence-corrected chi connectivity index (χ0v) is 10.7. The predicted molar refractivity (Wildman–Crippen MR) is 65.3 cm³/mol. The summed E-state index contributed by atoms with van der Waals surface area (Å²) >= 11 is 0. The molecule has 4 nitrogen and oxygen atoms in total. The van der Waals surface area contributed by atoms with Crippen LogP contribution in [0, 0.1) is 11.6 Å². The van der Waals surface area contributed by atoms with Crippen LogP contribution in [0.15, 0.2) is 12.1 Å². The van der Waals surface area contributed by atoms with Gasteiger partial charge < -0.3 is 10.4 Å². The minimum absolute atomic E-state index is 0.128. The van der Waals surface area contributed by atoms with E-state index in [2.05, 4.69) is 5.32 Å². The van der Waals surface area contributed by atoms with Gasteiger partial charge in [-0.15, -0.1) is 0 Å². The normalized spacial score (nSPS) is 14.0. The van der Waals surface area contributed by atoms with Crippen LogP contribution in [0.2, 0.25) is 0 Å². The van der Waals surface area contributed by atoms with E-state index in [-0.39, 0.29) is 11.8 Å². The van der Waals surface area contributed by atoms with Crippen LogP contribution in [0.25, 0.3) is 0 Å². The van der Waals surface area contributed by atoms with Crippen molar-refractivity contribution in [3.63, 3.8) is 0 Å². The fraction of sp³-hybridized carbons (Fsp3) is 0.364. The highest BCUT2D eigenvalue weighted by atomic mass is 32.2. The molecule has 0 aliphatic rings. The maximum absolute atomic E-state index is 13.5. The third kappa shape index (κ3) is 3.49. The van der Waals surface area contributed by atoms with Crippen LogP contribution in [0.3, 0.4) is 0 Å². The molecular formula is C11H13F2NO3S. The summed E-state index contributed by atoms with van der Waals surface area (Å²) in [4.78, 5) is 10.6. The molecule has 0 fully saturated rings. The van der Waals surface area contributed by atoms with Crippen LogP contribution in [-0.4, -0.2) is 33.3 Å². The molecule has 2 atom stereocenters. The summed E-state index contributed by atoms with van der Waals surface area (Å²) < 4.78 is 38.0. The molecule has 2 unspecified atom stereocenters. The number of aromatic carboxylic acids is 1. The highest BCUT2D eigenvalue weighted by Crippen LogP contribution is 2.21. The summed E-state index contributed by atoms with van der Waals surface area (Å²) in [6, 6.07) is 1.47. The zero-order chi connectivity index (χ0) is 13.9. The van der Waals surface area contributed by atoms with Gasteiger partial charge in [0.05, 0.1) is 5.56 Å². The number of hydrogen-bond donors (Lipinski definition) is 2. The van der Waals surface area contributed by atoms with Crippen molar-refractivity contribution in [3.05, 3.63) is 29.3 Å². The number of rotatable bonds is 5. The van der Waals surface area contributed by atoms with Gasteiger partial charge in [-0.2, -0.15) is 0 Å². The van der Waals surface area contributed by atoms with Crippen molar-refractivity contribution < 1.29 is 22.9 Å². The molecule has 18 heavy (non-hydrogen) atoms. The van der Waals surface area contributed by atoms with E-state index in [1.54, 1.807) is 6.92 Å². The summed E-state index contributed by atoms with van der Waals surface area (Å²) in [5, 5.41) is 10.8. The molecule has 0 heterocycles. The Kier molecular flexibility index (Phi) is 4.77. The standard InChI is InChI=1S/C11H13F2NO3S/c1-6(18(2)17)5-14-10-8(12)3-7(11(15)16)4-9(10)13/h3-4,6,14H,5H2,1-2H3,(H,15,16). The summed E-state index contributed by atoms with van der Waals surface area (Å²) in [5.74, 6) is -3.37. The number of benzene rings is 1. The number of halogens is 2. The summed E-state index contributed by atoms with van der Waals surface area (Å²) in [5.41, 5.74) is -0.861. The molecule has 0 aliphatic carbocycles. The van der Waals surface area contributed by atoms with Gasteiger partial charge in [0.2, 0.25) is 0 Å². The van der Waals surface area contributed by atoms with Gasteiger partial charge in [-0.25, -0.2) is 13.6 Å². The Morgan fingerprint density at radius 2 is 1.94 bits per heavy atom. The second-order valence-corrected chi connectivity index (χ2v) is 5.61. The van der Waals surface area contributed by atoms with Gasteiger partial charge in [0.15, 0.2) is 0 Å². The minimum atomic E-state index is -1.40. The molecule has 0 spiro atoms. The molecular weight excluding hydrogens is 264 g/mol. The summed E-state index contributed by atoms with van der Waals surface area (Å²) in [7, 11) is -1.11. The Bertz CT molecular complexity index is 470. The van der Waals surface area contributed by atoms with Crippen molar-refractivity contribution >= 4 is 22.5 Å². The van der Waals surface area contributed by atoms with Crippen LogP contribution in [0.4, 0.5) is 14.5 Å². The van der Waals surface area contributed by atoms with Crippen molar-refractivity contribution in [3.8, 4) is 0 Å². The molecule has 1 aromatic rings. The van der Waals surface area contributed by atoms with Crippen molar-refractivity contribution in [2.45, 2.75) is 12.2 Å². The quantitative estimate of drug-likeness (QED) is 0.862. The maximum atomic E-state index is 13.5. The van der Waals surface area contributed by atoms with E-state index >= 15 is 0 Å². The molecule has 2 N–H and O–H groups in total. The van der Waals surface area contributed by atoms with Gasteiger partial charge in [-0.1, -0.05) is 0 Å². The third-order valence-electron chi connectivity index (χ3n) is 2.42. The van der Waals surface area contributed by atoms with E-state index < -0.39 is 39.7 Å². The lowest BCUT2D eigenvalue weighted by atomic mass is 10.2. The average Bonchev–Trinajstić information content (AvgIpc) is 2.26. The third-order valence-corrected chi connectivity index (χ3v) is 3.72. The van der Waals surface area contributed by atoms with Crippen molar-refractivity contribution in [2.24, 2.45) is 0 Å². The van der Waals surface area contributed by atoms with Crippen LogP contribution in [-0.2, 0) is 10.8 Å². The Labute approximate surface area is 105 Å². The fourth-order valence-corrected chi connectivity index (χ4v) is 1.55. The molecule has 0 radical (unpaired) electrons. The van der Waals surface area contributed by atoms with Gasteiger partial charge >= 0.3 is 5.97 Å². The first-order chi connectivity index (χ1) is 8.32. The van der Waals surface area contributed by atoms with Gasteiger partial charge in [-0.05, 0) is 19.1 Å². The highest BCUT2D eigenvalue weighted by Gasteiger charge is 2.15. The Morgan fingerprint density at radius 3 is 2.33 bits per heavy atom. The van der Waals surface area contributed by atoms with Gasteiger partial charge in [0.1, 0.15) is 17.3 Å². The van der Waals surface area contributed by atoms with E-state index in [9.17, 15) is 17.8 Å². The van der Waals surface area contributed by atoms with Crippen LogP contribution < -0.4 is 5.32 Å². The van der Waals surface area contributed by atoms with E-state index in [1.165, 1.54) is 6.26 Å². The van der Waals surface area contributed by atoms with E-state index in [0.717, 1.165) is 12.1 Å². The Morgan fingerprint density at radius 1 is 1.44 bits per heavy atom. The van der Waals surface area contributed by atoms with Crippen LogP contribution >= 0.6 is 0 Å². The van der Waals surface area contributed by atoms with Crippen molar-refractivity contribution in [1.82, 2.24) is 0 Å². The predicted octanol–water partition coefficient (Wildman–Crippen LogP) is 1.84. The molecule has 100 valence electrons. The maximum Gasteiger partial charge on any atom is 0.335 e. The van der Waals surface area contributed by atoms with Gasteiger partial charge in [-0.3, -0.25) is 4.21 Å². The van der Waals surface area contributed by atoms with Gasteiger partial charge in [0, 0.05) is 28.9 Å². The summed E-state index contributed by atoms with van der Waals surface area (Å²) in [6.07, 6.45) is 1.49. The first-order valence-corrected chi connectivity index (χ1v) is 6.73. The molecule has 1 rings (SSSR count). The Balaban J connectivity index is 2.90. The topological polar surface area (TPSA) is 66.4 Å². The smallest absolute Gasteiger partial charge is 0.335 e. The number of nitrogens with one attached hydrogen (secondary N) is 1. The number of carboxylic acid groups (broad SMARTS) is 1. The lowest BCUT2D eigenvalue weighted by Gasteiger charge is -2.13. The van der Waals surface area contributed by atoms with Gasteiger partial charge in [0.25, 0.3) is 0 Å². The second kappa shape index (κ2) is 5.90. The van der Waals surface area contributed by atoms with Crippen LogP contribution in [0.1, 0.15) is 17.3 Å². The number of anilines is 1. The minimum Gasteiger partial charge on any atom is -0.478 e.